The molecule has 1 unspecified atom stereocenters. The predicted molar refractivity (Wildman–Crippen MR) is 112 cm³/mol. The zero-order valence-electron chi connectivity index (χ0n) is 15.7. The Morgan fingerprint density at radius 1 is 1.14 bits per heavy atom. The molecule has 28 heavy (non-hydrogen) atoms. The van der Waals surface area contributed by atoms with Gasteiger partial charge in [0, 0.05) is 17.9 Å². The maximum absolute atomic E-state index is 12.8. The number of methoxy groups -OCH3 is 1. The first-order chi connectivity index (χ1) is 12.9. The number of anilines is 2. The zero-order chi connectivity index (χ0) is 19.4. The van der Waals surface area contributed by atoms with Crippen LogP contribution in [0.4, 0.5) is 11.4 Å². The summed E-state index contributed by atoms with van der Waals surface area (Å²) in [6.45, 7) is 3.17. The van der Waals surface area contributed by atoms with Crippen LogP contribution in [-0.4, -0.2) is 34.5 Å². The van der Waals surface area contributed by atoms with Crippen molar-refractivity contribution in [1.29, 1.82) is 0 Å². The molecule has 1 heterocycles. The van der Waals surface area contributed by atoms with Gasteiger partial charge >= 0.3 is 0 Å². The lowest BCUT2D eigenvalue weighted by molar-refractivity contribution is -0.119. The number of carbonyl (C=O) groups is 1. The summed E-state index contributed by atoms with van der Waals surface area (Å²) in [6.07, 6.45) is 0.780. The summed E-state index contributed by atoms with van der Waals surface area (Å²) in [6, 6.07) is 11.5. The summed E-state index contributed by atoms with van der Waals surface area (Å²) in [7, 11) is -2.25. The molecule has 0 spiro atoms. The quantitative estimate of drug-likeness (QED) is 0.661. The van der Waals surface area contributed by atoms with Crippen LogP contribution in [0.3, 0.4) is 0 Å². The average Bonchev–Trinajstić information content (AvgIpc) is 3.18. The molecule has 2 aromatic carbocycles. The lowest BCUT2D eigenvalue weighted by atomic mass is 10.1. The fraction of sp³-hybridized carbons (Fsp3) is 0.316. The van der Waals surface area contributed by atoms with Crippen LogP contribution >= 0.6 is 12.4 Å². The van der Waals surface area contributed by atoms with E-state index < -0.39 is 10.0 Å². The Bertz CT molecular complexity index is 927. The van der Waals surface area contributed by atoms with Gasteiger partial charge in [0.2, 0.25) is 5.91 Å². The van der Waals surface area contributed by atoms with Crippen molar-refractivity contribution in [3.63, 3.8) is 0 Å². The largest absolute Gasteiger partial charge is 0.497 e. The number of halogens is 1. The normalized spacial score (nSPS) is 16.1. The Balaban J connectivity index is 0.00000280. The number of rotatable bonds is 6. The standard InChI is InChI=1S/C19H23N3O4S.ClH/c1-13-3-4-16(21-19(23)14-9-10-20-12-14)11-18(13)27(24,25)22-15-5-7-17(26-2)8-6-15;/h3-8,11,14,20,22H,9-10,12H2,1-2H3,(H,21,23);1H. The van der Waals surface area contributed by atoms with E-state index in [2.05, 4.69) is 15.4 Å². The van der Waals surface area contributed by atoms with Crippen LogP contribution < -0.4 is 20.1 Å². The second-order valence-electron chi connectivity index (χ2n) is 6.49. The molecule has 7 nitrogen and oxygen atoms in total. The van der Waals surface area contributed by atoms with E-state index in [1.165, 1.54) is 6.07 Å². The minimum atomic E-state index is -3.80. The van der Waals surface area contributed by atoms with Crippen LogP contribution in [0.25, 0.3) is 0 Å². The number of hydrogen-bond donors (Lipinski definition) is 3. The first kappa shape index (κ1) is 22.0. The van der Waals surface area contributed by atoms with E-state index in [9.17, 15) is 13.2 Å². The molecule has 3 N–H and O–H groups in total. The lowest BCUT2D eigenvalue weighted by Crippen LogP contribution is -2.24. The molecule has 1 saturated heterocycles. The SMILES string of the molecule is COc1ccc(NS(=O)(=O)c2cc(NC(=O)C3CCNC3)ccc2C)cc1.Cl. The van der Waals surface area contributed by atoms with Crippen molar-refractivity contribution in [2.24, 2.45) is 5.92 Å². The molecular formula is C19H24ClN3O4S. The molecule has 2 aromatic rings. The first-order valence-corrected chi connectivity index (χ1v) is 10.2. The number of hydrogen-bond acceptors (Lipinski definition) is 5. The molecular weight excluding hydrogens is 402 g/mol. The number of ether oxygens (including phenoxy) is 1. The van der Waals surface area contributed by atoms with Gasteiger partial charge in [-0.1, -0.05) is 6.07 Å². The van der Waals surface area contributed by atoms with Crippen LogP contribution in [0.15, 0.2) is 47.4 Å². The fourth-order valence-electron chi connectivity index (χ4n) is 2.96. The summed E-state index contributed by atoms with van der Waals surface area (Å²) in [5, 5.41) is 5.96. The Morgan fingerprint density at radius 2 is 1.82 bits per heavy atom. The third kappa shape index (κ3) is 5.15. The van der Waals surface area contributed by atoms with Crippen LogP contribution in [0.1, 0.15) is 12.0 Å². The highest BCUT2D eigenvalue weighted by molar-refractivity contribution is 7.92. The molecule has 1 aliphatic rings. The Kier molecular flexibility index (Phi) is 7.29. The minimum Gasteiger partial charge on any atom is -0.497 e. The highest BCUT2D eigenvalue weighted by Crippen LogP contribution is 2.24. The van der Waals surface area contributed by atoms with E-state index >= 15 is 0 Å². The Labute approximate surface area is 171 Å². The van der Waals surface area contributed by atoms with E-state index in [1.54, 1.807) is 50.4 Å². The Morgan fingerprint density at radius 3 is 2.43 bits per heavy atom. The smallest absolute Gasteiger partial charge is 0.262 e. The van der Waals surface area contributed by atoms with Gasteiger partial charge in [-0.2, -0.15) is 0 Å². The van der Waals surface area contributed by atoms with Gasteiger partial charge in [-0.3, -0.25) is 9.52 Å². The first-order valence-electron chi connectivity index (χ1n) is 8.68. The van der Waals surface area contributed by atoms with Crippen molar-refractivity contribution in [3.8, 4) is 5.75 Å². The third-order valence-corrected chi connectivity index (χ3v) is 6.04. The van der Waals surface area contributed by atoms with Gasteiger partial charge in [0.15, 0.2) is 0 Å². The van der Waals surface area contributed by atoms with Gasteiger partial charge in [0.05, 0.1) is 17.9 Å². The number of benzene rings is 2. The summed E-state index contributed by atoms with van der Waals surface area (Å²) in [5.41, 5.74) is 1.49. The molecule has 1 aliphatic heterocycles. The molecule has 0 bridgehead atoms. The van der Waals surface area contributed by atoms with Gasteiger partial charge in [0.1, 0.15) is 5.75 Å². The number of sulfonamides is 1. The molecule has 0 aliphatic carbocycles. The fourth-order valence-corrected chi connectivity index (χ4v) is 4.29. The maximum Gasteiger partial charge on any atom is 0.262 e. The van der Waals surface area contributed by atoms with Gasteiger partial charge in [0.25, 0.3) is 10.0 Å². The minimum absolute atomic E-state index is 0. The van der Waals surface area contributed by atoms with Crippen molar-refractivity contribution < 1.29 is 17.9 Å². The number of amides is 1. The van der Waals surface area contributed by atoms with E-state index in [0.717, 1.165) is 13.0 Å². The second-order valence-corrected chi connectivity index (χ2v) is 8.14. The second kappa shape index (κ2) is 9.27. The number of carbonyl (C=O) groups excluding carboxylic acids is 1. The molecule has 1 fully saturated rings. The predicted octanol–water partition coefficient (Wildman–Crippen LogP) is 2.77. The van der Waals surface area contributed by atoms with Crippen LogP contribution in [0.5, 0.6) is 5.75 Å². The molecule has 152 valence electrons. The van der Waals surface area contributed by atoms with Gasteiger partial charge < -0.3 is 15.4 Å². The summed E-state index contributed by atoms with van der Waals surface area (Å²) < 4.78 is 33.2. The van der Waals surface area contributed by atoms with Crippen molar-refractivity contribution in [3.05, 3.63) is 48.0 Å². The van der Waals surface area contributed by atoms with E-state index in [0.29, 0.717) is 29.2 Å². The zero-order valence-corrected chi connectivity index (χ0v) is 17.3. The van der Waals surface area contributed by atoms with Crippen LogP contribution in [0, 0.1) is 12.8 Å². The van der Waals surface area contributed by atoms with E-state index in [-0.39, 0.29) is 29.1 Å². The molecule has 0 radical (unpaired) electrons. The highest BCUT2D eigenvalue weighted by Gasteiger charge is 2.23. The molecule has 1 amide bonds. The number of nitrogens with one attached hydrogen (secondary N) is 3. The van der Waals surface area contributed by atoms with Crippen molar-refractivity contribution >= 4 is 39.7 Å². The monoisotopic (exact) mass is 425 g/mol. The van der Waals surface area contributed by atoms with Gasteiger partial charge in [-0.15, -0.1) is 12.4 Å². The van der Waals surface area contributed by atoms with Gasteiger partial charge in [-0.05, 0) is 61.9 Å². The average molecular weight is 426 g/mol. The highest BCUT2D eigenvalue weighted by atomic mass is 35.5. The van der Waals surface area contributed by atoms with Crippen LogP contribution in [0.2, 0.25) is 0 Å². The molecule has 0 aromatic heterocycles. The molecule has 3 rings (SSSR count). The topological polar surface area (TPSA) is 96.5 Å². The summed E-state index contributed by atoms with van der Waals surface area (Å²) in [5.74, 6) is 0.444. The van der Waals surface area contributed by atoms with Crippen molar-refractivity contribution in [2.75, 3.05) is 30.2 Å². The molecule has 0 saturated carbocycles. The Hall–Kier alpha value is -2.29. The van der Waals surface area contributed by atoms with Crippen molar-refractivity contribution in [2.45, 2.75) is 18.2 Å². The molecule has 9 heteroatoms. The summed E-state index contributed by atoms with van der Waals surface area (Å²) in [4.78, 5) is 12.4. The van der Waals surface area contributed by atoms with E-state index in [4.69, 9.17) is 4.74 Å². The lowest BCUT2D eigenvalue weighted by Gasteiger charge is -2.14. The van der Waals surface area contributed by atoms with Gasteiger partial charge in [-0.25, -0.2) is 8.42 Å². The van der Waals surface area contributed by atoms with Crippen molar-refractivity contribution in [1.82, 2.24) is 5.32 Å². The van der Waals surface area contributed by atoms with Crippen LogP contribution in [-0.2, 0) is 14.8 Å². The summed E-state index contributed by atoms with van der Waals surface area (Å²) >= 11 is 0. The third-order valence-electron chi connectivity index (χ3n) is 4.52. The van der Waals surface area contributed by atoms with E-state index in [1.807, 2.05) is 0 Å². The number of aryl methyl sites for hydroxylation is 1. The maximum atomic E-state index is 12.8. The molecule has 1 atom stereocenters.